The highest BCUT2D eigenvalue weighted by Gasteiger charge is 2.58. The Morgan fingerprint density at radius 3 is 2.81 bits per heavy atom. The SMILES string of the molecule is O=C(O)C1CC2(CC(NCc3cccc4ncccc34)CCS2(=O)=O)C1. The zero-order chi connectivity index (χ0) is 18.4. The number of aliphatic carboxylic acids is 1. The number of rotatable bonds is 4. The monoisotopic (exact) mass is 374 g/mol. The van der Waals surface area contributed by atoms with Gasteiger partial charge in [-0.15, -0.1) is 0 Å². The molecule has 2 fully saturated rings. The number of carboxylic acids is 1. The fourth-order valence-electron chi connectivity index (χ4n) is 4.38. The van der Waals surface area contributed by atoms with Crippen LogP contribution in [-0.4, -0.2) is 41.0 Å². The van der Waals surface area contributed by atoms with Crippen LogP contribution in [0.5, 0.6) is 0 Å². The first-order valence-electron chi connectivity index (χ1n) is 8.91. The number of aromatic nitrogens is 1. The maximum absolute atomic E-state index is 12.5. The van der Waals surface area contributed by atoms with E-state index in [1.165, 1.54) is 0 Å². The van der Waals surface area contributed by atoms with E-state index in [1.807, 2.05) is 24.3 Å². The highest BCUT2D eigenvalue weighted by molar-refractivity contribution is 7.92. The van der Waals surface area contributed by atoms with Crippen LogP contribution in [0.2, 0.25) is 0 Å². The molecule has 2 aliphatic rings. The summed E-state index contributed by atoms with van der Waals surface area (Å²) in [5.74, 6) is -1.27. The minimum absolute atomic E-state index is 0.0835. The van der Waals surface area contributed by atoms with Crippen molar-refractivity contribution in [1.29, 1.82) is 0 Å². The third kappa shape index (κ3) is 2.89. The van der Waals surface area contributed by atoms with Crippen LogP contribution in [0.25, 0.3) is 10.9 Å². The summed E-state index contributed by atoms with van der Waals surface area (Å²) in [7, 11) is -3.22. The zero-order valence-corrected chi connectivity index (χ0v) is 15.2. The number of carbonyl (C=O) groups is 1. The molecule has 0 radical (unpaired) electrons. The molecule has 1 aliphatic carbocycles. The van der Waals surface area contributed by atoms with E-state index in [1.54, 1.807) is 6.20 Å². The number of sulfone groups is 1. The largest absolute Gasteiger partial charge is 0.481 e. The molecular formula is C19H22N2O4S. The molecule has 4 rings (SSSR count). The summed E-state index contributed by atoms with van der Waals surface area (Å²) in [4.78, 5) is 15.5. The summed E-state index contributed by atoms with van der Waals surface area (Å²) < 4.78 is 24.2. The first-order chi connectivity index (χ1) is 12.4. The van der Waals surface area contributed by atoms with Crippen LogP contribution in [0.15, 0.2) is 36.5 Å². The molecule has 26 heavy (non-hydrogen) atoms. The third-order valence-corrected chi connectivity index (χ3v) is 8.51. The lowest BCUT2D eigenvalue weighted by atomic mass is 9.70. The molecule has 1 aliphatic heterocycles. The predicted octanol–water partition coefficient (Wildman–Crippen LogP) is 2.13. The van der Waals surface area contributed by atoms with Gasteiger partial charge in [-0.2, -0.15) is 0 Å². The lowest BCUT2D eigenvalue weighted by molar-refractivity contribution is -0.145. The predicted molar refractivity (Wildman–Crippen MR) is 98.5 cm³/mol. The lowest BCUT2D eigenvalue weighted by Gasteiger charge is -2.49. The van der Waals surface area contributed by atoms with Gasteiger partial charge in [0.1, 0.15) is 0 Å². The Labute approximate surface area is 152 Å². The molecule has 7 heteroatoms. The van der Waals surface area contributed by atoms with Crippen molar-refractivity contribution in [3.05, 3.63) is 42.1 Å². The van der Waals surface area contributed by atoms with E-state index in [2.05, 4.69) is 16.4 Å². The highest BCUT2D eigenvalue weighted by atomic mass is 32.2. The fourth-order valence-corrected chi connectivity index (χ4v) is 6.77. The molecule has 1 aromatic carbocycles. The number of nitrogens with one attached hydrogen (secondary N) is 1. The van der Waals surface area contributed by atoms with Crippen molar-refractivity contribution in [1.82, 2.24) is 10.3 Å². The molecule has 2 heterocycles. The molecule has 1 saturated heterocycles. The van der Waals surface area contributed by atoms with Gasteiger partial charge in [-0.1, -0.05) is 18.2 Å². The number of benzene rings is 1. The molecule has 1 saturated carbocycles. The van der Waals surface area contributed by atoms with Gasteiger partial charge in [-0.3, -0.25) is 9.78 Å². The molecule has 1 unspecified atom stereocenters. The van der Waals surface area contributed by atoms with Gasteiger partial charge in [0, 0.05) is 24.2 Å². The van der Waals surface area contributed by atoms with Crippen LogP contribution < -0.4 is 5.32 Å². The summed E-state index contributed by atoms with van der Waals surface area (Å²) in [5, 5.41) is 13.7. The van der Waals surface area contributed by atoms with Crippen molar-refractivity contribution in [2.24, 2.45) is 5.92 Å². The van der Waals surface area contributed by atoms with Crippen LogP contribution >= 0.6 is 0 Å². The Bertz CT molecular complexity index is 946. The van der Waals surface area contributed by atoms with E-state index < -0.39 is 26.5 Å². The summed E-state index contributed by atoms with van der Waals surface area (Å²) in [6.07, 6.45) is 3.35. The second-order valence-electron chi connectivity index (χ2n) is 7.50. The minimum Gasteiger partial charge on any atom is -0.481 e. The molecule has 2 aromatic rings. The first kappa shape index (κ1) is 17.4. The fraction of sp³-hybridized carbons (Fsp3) is 0.474. The van der Waals surface area contributed by atoms with E-state index in [-0.39, 0.29) is 24.6 Å². The van der Waals surface area contributed by atoms with Crippen LogP contribution in [0.3, 0.4) is 0 Å². The molecule has 1 atom stereocenters. The molecule has 138 valence electrons. The van der Waals surface area contributed by atoms with Crippen molar-refractivity contribution in [3.8, 4) is 0 Å². The maximum Gasteiger partial charge on any atom is 0.306 e. The van der Waals surface area contributed by atoms with Crippen LogP contribution in [0, 0.1) is 5.92 Å². The normalized spacial score (nSPS) is 30.2. The summed E-state index contributed by atoms with van der Waals surface area (Å²) in [6.45, 7) is 0.645. The van der Waals surface area contributed by atoms with Gasteiger partial charge in [-0.25, -0.2) is 8.42 Å². The van der Waals surface area contributed by atoms with Crippen molar-refractivity contribution >= 4 is 26.7 Å². The van der Waals surface area contributed by atoms with E-state index in [9.17, 15) is 13.2 Å². The molecule has 1 aromatic heterocycles. The Kier molecular flexibility index (Phi) is 4.23. The van der Waals surface area contributed by atoms with Crippen molar-refractivity contribution < 1.29 is 18.3 Å². The van der Waals surface area contributed by atoms with E-state index in [0.29, 0.717) is 19.4 Å². The topological polar surface area (TPSA) is 96.4 Å². The second-order valence-corrected chi connectivity index (χ2v) is 10.0. The zero-order valence-electron chi connectivity index (χ0n) is 14.4. The first-order valence-corrected chi connectivity index (χ1v) is 10.6. The summed E-state index contributed by atoms with van der Waals surface area (Å²) in [6, 6.07) is 10.0. The van der Waals surface area contributed by atoms with E-state index in [0.717, 1.165) is 16.5 Å². The maximum atomic E-state index is 12.5. The summed E-state index contributed by atoms with van der Waals surface area (Å²) >= 11 is 0. The molecule has 1 spiro atoms. The number of pyridine rings is 1. The smallest absolute Gasteiger partial charge is 0.306 e. The van der Waals surface area contributed by atoms with Gasteiger partial charge < -0.3 is 10.4 Å². The second kappa shape index (κ2) is 6.32. The Balaban J connectivity index is 1.47. The Morgan fingerprint density at radius 1 is 1.23 bits per heavy atom. The average Bonchev–Trinajstić information content (AvgIpc) is 2.58. The quantitative estimate of drug-likeness (QED) is 0.851. The summed E-state index contributed by atoms with van der Waals surface area (Å²) in [5.41, 5.74) is 2.08. The number of fused-ring (bicyclic) bond motifs is 1. The van der Waals surface area contributed by atoms with Crippen molar-refractivity contribution in [2.45, 2.75) is 43.0 Å². The molecule has 0 bridgehead atoms. The van der Waals surface area contributed by atoms with Crippen molar-refractivity contribution in [3.63, 3.8) is 0 Å². The average molecular weight is 374 g/mol. The highest BCUT2D eigenvalue weighted by Crippen LogP contribution is 2.50. The van der Waals surface area contributed by atoms with Gasteiger partial charge in [0.05, 0.1) is 21.9 Å². The van der Waals surface area contributed by atoms with Gasteiger partial charge in [0.25, 0.3) is 0 Å². The Morgan fingerprint density at radius 2 is 2.04 bits per heavy atom. The van der Waals surface area contributed by atoms with Crippen LogP contribution in [0.4, 0.5) is 0 Å². The third-order valence-electron chi connectivity index (χ3n) is 5.92. The van der Waals surface area contributed by atoms with Crippen LogP contribution in [0.1, 0.15) is 31.2 Å². The molecule has 6 nitrogen and oxygen atoms in total. The van der Waals surface area contributed by atoms with Gasteiger partial charge in [0.2, 0.25) is 0 Å². The number of hydrogen-bond donors (Lipinski definition) is 2. The number of nitrogens with zero attached hydrogens (tertiary/aromatic N) is 1. The van der Waals surface area contributed by atoms with E-state index >= 15 is 0 Å². The standard InChI is InChI=1S/C19H22N2O4S/c22-18(23)14-9-19(10-14)11-15(6-8-26(19,24)25)21-12-13-3-1-5-17-16(13)4-2-7-20-17/h1-5,7,14-15,21H,6,8-12H2,(H,22,23). The van der Waals surface area contributed by atoms with E-state index in [4.69, 9.17) is 5.11 Å². The molecule has 0 amide bonds. The number of carboxylic acid groups (broad SMARTS) is 1. The van der Waals surface area contributed by atoms with Crippen LogP contribution in [-0.2, 0) is 21.2 Å². The van der Waals surface area contributed by atoms with Gasteiger partial charge in [-0.05, 0) is 43.4 Å². The molecule has 2 N–H and O–H groups in total. The Hall–Kier alpha value is -1.99. The van der Waals surface area contributed by atoms with Crippen molar-refractivity contribution in [2.75, 3.05) is 5.75 Å². The minimum atomic E-state index is -3.22. The van der Waals surface area contributed by atoms with Gasteiger partial charge in [0.15, 0.2) is 9.84 Å². The lowest BCUT2D eigenvalue weighted by Crippen LogP contribution is -2.59. The molecular weight excluding hydrogens is 352 g/mol. The van der Waals surface area contributed by atoms with Gasteiger partial charge >= 0.3 is 5.97 Å². The number of hydrogen-bond acceptors (Lipinski definition) is 5.